The molecule has 0 aromatic carbocycles. The third kappa shape index (κ3) is 2.88. The third-order valence-electron chi connectivity index (χ3n) is 2.60. The van der Waals surface area contributed by atoms with Crippen LogP contribution in [0.4, 0.5) is 5.69 Å². The fourth-order valence-electron chi connectivity index (χ4n) is 1.85. The summed E-state index contributed by atoms with van der Waals surface area (Å²) in [4.78, 5) is 20.8. The van der Waals surface area contributed by atoms with Crippen LogP contribution in [0, 0.1) is 10.1 Å². The van der Waals surface area contributed by atoms with Crippen molar-refractivity contribution in [2.24, 2.45) is 0 Å². The van der Waals surface area contributed by atoms with Gasteiger partial charge in [-0.25, -0.2) is 4.79 Å². The molecule has 9 nitrogen and oxygen atoms in total. The van der Waals surface area contributed by atoms with E-state index in [1.807, 2.05) is 0 Å². The van der Waals surface area contributed by atoms with Gasteiger partial charge in [-0.15, -0.1) is 0 Å². The van der Waals surface area contributed by atoms with Gasteiger partial charge in [0.15, 0.2) is 5.79 Å². The zero-order valence-electron chi connectivity index (χ0n) is 10.4. The molecular weight excluding hydrogens is 258 g/mol. The molecule has 0 saturated carbocycles. The van der Waals surface area contributed by atoms with Crippen molar-refractivity contribution in [3.8, 4) is 0 Å². The Labute approximate surface area is 107 Å². The molecule has 1 aliphatic heterocycles. The van der Waals surface area contributed by atoms with Gasteiger partial charge < -0.3 is 14.6 Å². The molecule has 2 heterocycles. The number of hydrogen-bond donors (Lipinski definition) is 1. The molecule has 1 saturated heterocycles. The highest BCUT2D eigenvalue weighted by molar-refractivity contribution is 5.89. The Morgan fingerprint density at radius 1 is 1.74 bits per heavy atom. The average Bonchev–Trinajstić information content (AvgIpc) is 2.83. The second-order valence-electron chi connectivity index (χ2n) is 4.60. The highest BCUT2D eigenvalue weighted by Gasteiger charge is 2.34. The first-order chi connectivity index (χ1) is 8.78. The number of rotatable bonds is 4. The zero-order chi connectivity index (χ0) is 14.2. The first kappa shape index (κ1) is 13.4. The Morgan fingerprint density at radius 2 is 2.42 bits per heavy atom. The molecule has 0 aliphatic carbocycles. The normalized spacial score (nSPS) is 21.5. The van der Waals surface area contributed by atoms with E-state index in [1.54, 1.807) is 13.8 Å². The Morgan fingerprint density at radius 3 is 2.84 bits per heavy atom. The molecule has 1 N–H and O–H groups in total. The molecule has 1 aliphatic rings. The fraction of sp³-hybridized carbons (Fsp3) is 0.600. The maximum absolute atomic E-state index is 10.8. The molecule has 19 heavy (non-hydrogen) atoms. The molecule has 0 bridgehead atoms. The number of aromatic carboxylic acids is 1. The second kappa shape index (κ2) is 4.59. The van der Waals surface area contributed by atoms with Gasteiger partial charge in [0.25, 0.3) is 0 Å². The molecule has 0 amide bonds. The predicted octanol–water partition coefficient (Wildman–Crippen LogP) is 0.641. The number of nitrogens with zero attached hydrogens (tertiary/aromatic N) is 3. The van der Waals surface area contributed by atoms with Gasteiger partial charge in [-0.05, 0) is 13.8 Å². The van der Waals surface area contributed by atoms with Crippen LogP contribution in [0.1, 0.15) is 24.3 Å². The summed E-state index contributed by atoms with van der Waals surface area (Å²) in [5.41, 5.74) is -1.12. The van der Waals surface area contributed by atoms with Crippen LogP contribution in [0.3, 0.4) is 0 Å². The van der Waals surface area contributed by atoms with Crippen LogP contribution in [0.15, 0.2) is 6.20 Å². The maximum atomic E-state index is 10.8. The summed E-state index contributed by atoms with van der Waals surface area (Å²) < 4.78 is 12.1. The van der Waals surface area contributed by atoms with Crippen molar-refractivity contribution in [2.45, 2.75) is 32.3 Å². The van der Waals surface area contributed by atoms with Crippen molar-refractivity contribution in [3.05, 3.63) is 22.0 Å². The number of ether oxygens (including phenoxy) is 2. The van der Waals surface area contributed by atoms with Gasteiger partial charge in [-0.3, -0.25) is 14.8 Å². The summed E-state index contributed by atoms with van der Waals surface area (Å²) in [5, 5.41) is 23.2. The van der Waals surface area contributed by atoms with Crippen molar-refractivity contribution in [1.29, 1.82) is 0 Å². The number of carboxylic acids is 1. The lowest BCUT2D eigenvalue weighted by Gasteiger charge is -2.16. The second-order valence-corrected chi connectivity index (χ2v) is 4.60. The van der Waals surface area contributed by atoms with E-state index in [1.165, 1.54) is 4.68 Å². The van der Waals surface area contributed by atoms with E-state index in [-0.39, 0.29) is 12.6 Å². The lowest BCUT2D eigenvalue weighted by Crippen LogP contribution is -2.24. The van der Waals surface area contributed by atoms with Gasteiger partial charge in [-0.2, -0.15) is 5.10 Å². The molecule has 0 unspecified atom stereocenters. The van der Waals surface area contributed by atoms with Crippen LogP contribution in [0.25, 0.3) is 0 Å². The van der Waals surface area contributed by atoms with E-state index in [0.717, 1.165) is 6.20 Å². The number of aromatic nitrogens is 2. The molecule has 1 aromatic heterocycles. The van der Waals surface area contributed by atoms with E-state index < -0.39 is 28.1 Å². The summed E-state index contributed by atoms with van der Waals surface area (Å²) in [6, 6.07) is 0. The van der Waals surface area contributed by atoms with Crippen LogP contribution in [-0.2, 0) is 16.0 Å². The van der Waals surface area contributed by atoms with Gasteiger partial charge in [-0.1, -0.05) is 0 Å². The van der Waals surface area contributed by atoms with E-state index in [0.29, 0.717) is 6.61 Å². The van der Waals surface area contributed by atoms with Gasteiger partial charge in [0.1, 0.15) is 12.3 Å². The van der Waals surface area contributed by atoms with Crippen LogP contribution < -0.4 is 0 Å². The summed E-state index contributed by atoms with van der Waals surface area (Å²) in [6.45, 7) is 4.02. The summed E-state index contributed by atoms with van der Waals surface area (Å²) in [5.74, 6) is -2.14. The van der Waals surface area contributed by atoms with Crippen molar-refractivity contribution in [2.75, 3.05) is 6.61 Å². The van der Waals surface area contributed by atoms with Crippen LogP contribution in [0.5, 0.6) is 0 Å². The summed E-state index contributed by atoms with van der Waals surface area (Å²) >= 11 is 0. The molecule has 2 rings (SSSR count). The van der Waals surface area contributed by atoms with Crippen molar-refractivity contribution in [3.63, 3.8) is 0 Å². The van der Waals surface area contributed by atoms with E-state index in [9.17, 15) is 14.9 Å². The molecule has 1 fully saturated rings. The highest BCUT2D eigenvalue weighted by Crippen LogP contribution is 2.24. The lowest BCUT2D eigenvalue weighted by atomic mass is 10.3. The van der Waals surface area contributed by atoms with E-state index >= 15 is 0 Å². The van der Waals surface area contributed by atoms with Crippen LogP contribution in [0.2, 0.25) is 0 Å². The molecular formula is C10H13N3O6. The minimum absolute atomic E-state index is 0.192. The standard InChI is InChI=1S/C10H13N3O6/c1-10(2)18-5-6(19-10)3-12-4-7(13(16)17)8(11-12)9(14)15/h4,6H,3,5H2,1-2H3,(H,14,15)/t6-/m1/s1. The Hall–Kier alpha value is -2.00. The van der Waals surface area contributed by atoms with Crippen LogP contribution >= 0.6 is 0 Å². The molecule has 104 valence electrons. The minimum atomic E-state index is -1.44. The van der Waals surface area contributed by atoms with E-state index in [2.05, 4.69) is 5.10 Å². The third-order valence-corrected chi connectivity index (χ3v) is 2.60. The number of carboxylic acid groups (broad SMARTS) is 1. The average molecular weight is 271 g/mol. The number of nitro groups is 1. The largest absolute Gasteiger partial charge is 0.476 e. The Bertz CT molecular complexity index is 492. The first-order valence-corrected chi connectivity index (χ1v) is 5.55. The van der Waals surface area contributed by atoms with Crippen molar-refractivity contribution < 1.29 is 24.3 Å². The van der Waals surface area contributed by atoms with Gasteiger partial charge in [0, 0.05) is 0 Å². The van der Waals surface area contributed by atoms with Crippen LogP contribution in [-0.4, -0.2) is 44.3 Å². The predicted molar refractivity (Wildman–Crippen MR) is 60.7 cm³/mol. The lowest BCUT2D eigenvalue weighted by molar-refractivity contribution is -0.385. The first-order valence-electron chi connectivity index (χ1n) is 5.55. The Balaban J connectivity index is 2.16. The number of hydrogen-bond acceptors (Lipinski definition) is 6. The monoisotopic (exact) mass is 271 g/mol. The SMILES string of the molecule is CC1(C)OC[C@@H](Cn2cc([N+](=O)[O-])c(C(=O)O)n2)O1. The number of carbonyl (C=O) groups is 1. The smallest absolute Gasteiger partial charge is 0.363 e. The highest BCUT2D eigenvalue weighted by atomic mass is 16.7. The minimum Gasteiger partial charge on any atom is -0.476 e. The summed E-state index contributed by atoms with van der Waals surface area (Å²) in [6.07, 6.45) is 0.758. The summed E-state index contributed by atoms with van der Waals surface area (Å²) in [7, 11) is 0. The van der Waals surface area contributed by atoms with Gasteiger partial charge in [0.2, 0.25) is 5.69 Å². The topological polar surface area (TPSA) is 117 Å². The van der Waals surface area contributed by atoms with E-state index in [4.69, 9.17) is 14.6 Å². The Kier molecular flexibility index (Phi) is 3.25. The quantitative estimate of drug-likeness (QED) is 0.630. The van der Waals surface area contributed by atoms with Crippen molar-refractivity contribution >= 4 is 11.7 Å². The molecule has 0 radical (unpaired) electrons. The van der Waals surface area contributed by atoms with Gasteiger partial charge >= 0.3 is 11.7 Å². The zero-order valence-corrected chi connectivity index (χ0v) is 10.4. The molecule has 1 atom stereocenters. The van der Waals surface area contributed by atoms with Gasteiger partial charge in [0.05, 0.1) is 18.1 Å². The van der Waals surface area contributed by atoms with Crippen molar-refractivity contribution in [1.82, 2.24) is 9.78 Å². The molecule has 9 heteroatoms. The fourth-order valence-corrected chi connectivity index (χ4v) is 1.85. The molecule has 1 aromatic rings. The maximum Gasteiger partial charge on any atom is 0.363 e. The molecule has 0 spiro atoms.